The summed E-state index contributed by atoms with van der Waals surface area (Å²) in [5, 5.41) is 0. The third kappa shape index (κ3) is 8.00. The van der Waals surface area contributed by atoms with Gasteiger partial charge in [-0.1, -0.05) is 26.0 Å². The average Bonchev–Trinajstić information content (AvgIpc) is 2.76. The van der Waals surface area contributed by atoms with Crippen LogP contribution in [0.25, 0.3) is 0 Å². The minimum atomic E-state index is -4.44. The second kappa shape index (κ2) is 10.0. The maximum Gasteiger partial charge on any atom is 0.389 e. The van der Waals surface area contributed by atoms with Crippen molar-refractivity contribution in [3.05, 3.63) is 35.6 Å². The van der Waals surface area contributed by atoms with Crippen molar-refractivity contribution < 1.29 is 31.9 Å². The number of rotatable bonds is 7. The zero-order chi connectivity index (χ0) is 21.6. The molecule has 9 heteroatoms. The fourth-order valence-electron chi connectivity index (χ4n) is 3.14. The molecule has 0 saturated carbocycles. The van der Waals surface area contributed by atoms with Crippen molar-refractivity contribution >= 4 is 11.8 Å². The Kier molecular flexibility index (Phi) is 8.01. The minimum Gasteiger partial charge on any atom is -0.370 e. The first kappa shape index (κ1) is 23.1. The Balaban J connectivity index is 2.09. The van der Waals surface area contributed by atoms with Crippen LogP contribution in [0.15, 0.2) is 24.3 Å². The highest BCUT2D eigenvalue weighted by molar-refractivity contribution is 5.85. The van der Waals surface area contributed by atoms with Crippen LogP contribution in [-0.4, -0.2) is 60.1 Å². The van der Waals surface area contributed by atoms with Crippen LogP contribution in [-0.2, 0) is 20.9 Å². The van der Waals surface area contributed by atoms with Crippen LogP contribution in [0, 0.1) is 11.7 Å². The molecule has 1 aliphatic rings. The van der Waals surface area contributed by atoms with Gasteiger partial charge in [-0.25, -0.2) is 4.39 Å². The van der Waals surface area contributed by atoms with E-state index >= 15 is 0 Å². The summed E-state index contributed by atoms with van der Waals surface area (Å²) in [6, 6.07) is 5.85. The number of hydrogen-bond acceptors (Lipinski definition) is 3. The molecule has 1 atom stereocenters. The Hall–Kier alpha value is -2.16. The van der Waals surface area contributed by atoms with Gasteiger partial charge in [0.05, 0.1) is 25.7 Å². The van der Waals surface area contributed by atoms with Crippen molar-refractivity contribution in [3.8, 4) is 0 Å². The van der Waals surface area contributed by atoms with E-state index in [9.17, 15) is 27.2 Å². The lowest BCUT2D eigenvalue weighted by Crippen LogP contribution is -2.40. The molecule has 1 heterocycles. The number of alkyl halides is 3. The van der Waals surface area contributed by atoms with Gasteiger partial charge < -0.3 is 14.5 Å². The number of nitrogens with zero attached hydrogens (tertiary/aromatic N) is 2. The number of carbonyl (C=O) groups excluding carboxylic acids is 2. The van der Waals surface area contributed by atoms with Crippen LogP contribution in [0.1, 0.15) is 32.3 Å². The quantitative estimate of drug-likeness (QED) is 0.638. The van der Waals surface area contributed by atoms with E-state index in [4.69, 9.17) is 4.74 Å². The molecule has 0 aliphatic carbocycles. The summed E-state index contributed by atoms with van der Waals surface area (Å²) in [4.78, 5) is 27.5. The number of carbonyl (C=O) groups is 2. The van der Waals surface area contributed by atoms with Crippen molar-refractivity contribution in [3.63, 3.8) is 0 Å². The molecule has 1 fully saturated rings. The van der Waals surface area contributed by atoms with E-state index in [0.29, 0.717) is 12.1 Å². The molecule has 1 saturated heterocycles. The molecule has 0 N–H and O–H groups in total. The van der Waals surface area contributed by atoms with Gasteiger partial charge in [-0.3, -0.25) is 9.59 Å². The van der Waals surface area contributed by atoms with E-state index in [1.807, 2.05) is 13.8 Å². The average molecular weight is 418 g/mol. The molecule has 162 valence electrons. The Labute approximate surface area is 167 Å². The van der Waals surface area contributed by atoms with Crippen molar-refractivity contribution in [1.82, 2.24) is 9.80 Å². The molecule has 0 aromatic heterocycles. The molecule has 0 radical (unpaired) electrons. The molecule has 29 heavy (non-hydrogen) atoms. The van der Waals surface area contributed by atoms with E-state index in [1.54, 1.807) is 17.0 Å². The molecule has 1 aromatic carbocycles. The molecule has 1 aliphatic heterocycles. The third-order valence-corrected chi connectivity index (χ3v) is 4.46. The van der Waals surface area contributed by atoms with Gasteiger partial charge in [0.15, 0.2) is 0 Å². The lowest BCUT2D eigenvalue weighted by atomic mass is 10.2. The highest BCUT2D eigenvalue weighted by Gasteiger charge is 2.33. The summed E-state index contributed by atoms with van der Waals surface area (Å²) in [7, 11) is 0. The lowest BCUT2D eigenvalue weighted by molar-refractivity contribution is -0.150. The topological polar surface area (TPSA) is 49.9 Å². The Bertz CT molecular complexity index is 709. The fraction of sp³-hybridized carbons (Fsp3) is 0.600. The standard InChI is InChI=1S/C20H26F4N2O3/c1-14(2)9-25-10-17(29-13-15-4-3-5-16(21)8-15)11-26(12-19(25)28)18(27)6-7-20(22,23)24/h3-5,8,14,17H,6-7,9-13H2,1-2H3/t17-/m0/s1. The predicted octanol–water partition coefficient (Wildman–Crippen LogP) is 3.38. The highest BCUT2D eigenvalue weighted by Crippen LogP contribution is 2.22. The number of benzene rings is 1. The van der Waals surface area contributed by atoms with Gasteiger partial charge in [-0.05, 0) is 23.6 Å². The molecule has 2 amide bonds. The molecule has 0 unspecified atom stereocenters. The largest absolute Gasteiger partial charge is 0.389 e. The maximum absolute atomic E-state index is 13.4. The van der Waals surface area contributed by atoms with Crippen LogP contribution in [0.4, 0.5) is 17.6 Å². The molecular formula is C20H26F4N2O3. The van der Waals surface area contributed by atoms with Crippen LogP contribution in [0.3, 0.4) is 0 Å². The normalized spacial score (nSPS) is 18.3. The van der Waals surface area contributed by atoms with Crippen molar-refractivity contribution in [1.29, 1.82) is 0 Å². The number of halogens is 4. The molecule has 1 aromatic rings. The third-order valence-electron chi connectivity index (χ3n) is 4.46. The summed E-state index contributed by atoms with van der Waals surface area (Å²) >= 11 is 0. The van der Waals surface area contributed by atoms with Crippen LogP contribution in [0.5, 0.6) is 0 Å². The first-order valence-electron chi connectivity index (χ1n) is 9.52. The second-order valence-electron chi connectivity index (χ2n) is 7.64. The van der Waals surface area contributed by atoms with Gasteiger partial charge in [-0.15, -0.1) is 0 Å². The van der Waals surface area contributed by atoms with Crippen LogP contribution in [0.2, 0.25) is 0 Å². The van der Waals surface area contributed by atoms with Gasteiger partial charge in [-0.2, -0.15) is 13.2 Å². The summed E-state index contributed by atoms with van der Waals surface area (Å²) in [5.41, 5.74) is 0.589. The lowest BCUT2D eigenvalue weighted by Gasteiger charge is -2.26. The van der Waals surface area contributed by atoms with Gasteiger partial charge in [0.25, 0.3) is 0 Å². The molecule has 5 nitrogen and oxygen atoms in total. The first-order valence-corrected chi connectivity index (χ1v) is 9.52. The number of amides is 2. The summed E-state index contributed by atoms with van der Waals surface area (Å²) in [6.45, 7) is 4.34. The van der Waals surface area contributed by atoms with Crippen LogP contribution < -0.4 is 0 Å². The number of ether oxygens (including phenoxy) is 1. The molecular weight excluding hydrogens is 392 g/mol. The first-order chi connectivity index (χ1) is 13.5. The minimum absolute atomic E-state index is 0.00629. The maximum atomic E-state index is 13.4. The van der Waals surface area contributed by atoms with E-state index in [2.05, 4.69) is 0 Å². The van der Waals surface area contributed by atoms with Crippen LogP contribution >= 0.6 is 0 Å². The Morgan fingerprint density at radius 1 is 1.28 bits per heavy atom. The second-order valence-corrected chi connectivity index (χ2v) is 7.64. The van der Waals surface area contributed by atoms with E-state index < -0.39 is 36.8 Å². The molecule has 2 rings (SSSR count). The highest BCUT2D eigenvalue weighted by atomic mass is 19.4. The summed E-state index contributed by atoms with van der Waals surface area (Å²) in [6.07, 6.45) is -6.97. The summed E-state index contributed by atoms with van der Waals surface area (Å²) in [5.74, 6) is -1.29. The van der Waals surface area contributed by atoms with Crippen molar-refractivity contribution in [2.45, 2.75) is 45.6 Å². The summed E-state index contributed by atoms with van der Waals surface area (Å²) < 4.78 is 56.5. The van der Waals surface area contributed by atoms with Gasteiger partial charge in [0.2, 0.25) is 11.8 Å². The zero-order valence-corrected chi connectivity index (χ0v) is 16.5. The Morgan fingerprint density at radius 3 is 2.62 bits per heavy atom. The Morgan fingerprint density at radius 2 is 2.00 bits per heavy atom. The SMILES string of the molecule is CC(C)CN1C[C@H](OCc2cccc(F)c2)CN(C(=O)CCC(F)(F)F)CC1=O. The predicted molar refractivity (Wildman–Crippen MR) is 98.3 cm³/mol. The monoisotopic (exact) mass is 418 g/mol. The van der Waals surface area contributed by atoms with E-state index in [0.717, 1.165) is 4.90 Å². The zero-order valence-electron chi connectivity index (χ0n) is 16.5. The number of hydrogen-bond donors (Lipinski definition) is 0. The van der Waals surface area contributed by atoms with Crippen molar-refractivity contribution in [2.75, 3.05) is 26.2 Å². The van der Waals surface area contributed by atoms with Gasteiger partial charge in [0, 0.05) is 26.1 Å². The van der Waals surface area contributed by atoms with Gasteiger partial charge in [0.1, 0.15) is 5.82 Å². The van der Waals surface area contributed by atoms with E-state index in [1.165, 1.54) is 12.1 Å². The fourth-order valence-corrected chi connectivity index (χ4v) is 3.14. The van der Waals surface area contributed by atoms with Gasteiger partial charge >= 0.3 is 6.18 Å². The smallest absolute Gasteiger partial charge is 0.370 e. The molecule has 0 spiro atoms. The van der Waals surface area contributed by atoms with E-state index in [-0.39, 0.29) is 38.1 Å². The van der Waals surface area contributed by atoms with Crippen molar-refractivity contribution in [2.24, 2.45) is 5.92 Å². The molecule has 0 bridgehead atoms.